The van der Waals surface area contributed by atoms with Crippen LogP contribution in [0.5, 0.6) is 0 Å². The number of benzene rings is 2. The predicted molar refractivity (Wildman–Crippen MR) is 238 cm³/mol. The third-order valence-electron chi connectivity index (χ3n) is 11.0. The van der Waals surface area contributed by atoms with Gasteiger partial charge in [0.05, 0.1) is 37.6 Å². The van der Waals surface area contributed by atoms with Gasteiger partial charge in [-0.1, -0.05) is 177 Å². The molecule has 0 bridgehead atoms. The fraction of sp³-hybridized carbons (Fsp3) is 0.720. The van der Waals surface area contributed by atoms with E-state index in [2.05, 4.69) is 24.3 Å². The first kappa shape index (κ1) is 57.8. The van der Waals surface area contributed by atoms with E-state index in [4.69, 9.17) is 9.47 Å². The van der Waals surface area contributed by atoms with E-state index in [9.17, 15) is 30.0 Å². The fourth-order valence-corrected chi connectivity index (χ4v) is 7.16. The van der Waals surface area contributed by atoms with E-state index in [0.717, 1.165) is 116 Å². The maximum absolute atomic E-state index is 10.4. The Labute approximate surface area is 400 Å². The first-order chi connectivity index (χ1) is 28.2. The van der Waals surface area contributed by atoms with Crippen LogP contribution in [0.4, 0.5) is 0 Å². The summed E-state index contributed by atoms with van der Waals surface area (Å²) in [7, 11) is 0. The van der Waals surface area contributed by atoms with Crippen molar-refractivity contribution < 1.29 is 39.5 Å². The van der Waals surface area contributed by atoms with E-state index in [1.807, 2.05) is 50.2 Å². The van der Waals surface area contributed by atoms with Gasteiger partial charge in [-0.2, -0.15) is 0 Å². The monoisotopic (exact) mass is 949 g/mol. The average Bonchev–Trinajstić information content (AvgIpc) is 3.23. The first-order valence-corrected chi connectivity index (χ1v) is 23.3. The summed E-state index contributed by atoms with van der Waals surface area (Å²) in [6, 6.07) is 20.7. The minimum absolute atomic E-state index is 0. The van der Waals surface area contributed by atoms with Gasteiger partial charge in [-0.3, -0.25) is 0 Å². The smallest absolute Gasteiger partial charge is 0.550 e. The van der Waals surface area contributed by atoms with Crippen molar-refractivity contribution in [3.8, 4) is 0 Å². The Balaban J connectivity index is 0.00000112. The molecule has 59 heavy (non-hydrogen) atoms. The molecule has 2 aromatic rings. The van der Waals surface area contributed by atoms with Crippen molar-refractivity contribution in [2.24, 2.45) is 0 Å². The van der Waals surface area contributed by atoms with Crippen molar-refractivity contribution in [1.82, 2.24) is 0 Å². The van der Waals surface area contributed by atoms with Crippen LogP contribution in [0, 0.1) is 0 Å². The van der Waals surface area contributed by atoms with Crippen LogP contribution in [-0.4, -0.2) is 95.4 Å². The van der Waals surface area contributed by atoms with Crippen molar-refractivity contribution in [2.75, 3.05) is 0 Å². The molecule has 9 heteroatoms. The molecule has 2 aromatic carbocycles. The third kappa shape index (κ3) is 38.2. The Morgan fingerprint density at radius 3 is 1.03 bits per heavy atom. The van der Waals surface area contributed by atoms with Gasteiger partial charge in [0.2, 0.25) is 0 Å². The molecule has 8 nitrogen and oxygen atoms in total. The number of aliphatic hydroxyl groups excluding tert-OH is 2. The van der Waals surface area contributed by atoms with Gasteiger partial charge in [-0.15, -0.1) is 0 Å². The summed E-state index contributed by atoms with van der Waals surface area (Å²) >= 11 is 0. The molecule has 0 fully saturated rings. The molecule has 0 spiro atoms. The van der Waals surface area contributed by atoms with Crippen LogP contribution in [0.2, 0.25) is 0 Å². The average molecular weight is 949 g/mol. The minimum Gasteiger partial charge on any atom is -0.550 e. The second-order valence-electron chi connectivity index (χ2n) is 16.3. The molecule has 2 N–H and O–H groups in total. The zero-order chi connectivity index (χ0) is 42.3. The molecule has 0 amide bonds. The van der Waals surface area contributed by atoms with E-state index in [0.29, 0.717) is 13.2 Å². The quantitative estimate of drug-likeness (QED) is 0.0501. The van der Waals surface area contributed by atoms with Crippen molar-refractivity contribution in [2.45, 2.75) is 231 Å². The van der Waals surface area contributed by atoms with Crippen LogP contribution in [0.25, 0.3) is 0 Å². The Bertz CT molecular complexity index is 1110. The molecule has 0 aliphatic heterocycles. The van der Waals surface area contributed by atoms with Crippen molar-refractivity contribution >= 4 is 60.8 Å². The molecular formula is C50H82BaO8. The standard InChI is InChI=1S/2C25H42O4.Ba/c2*1-2-23(26)17-13-14-19-24(29-21-22-15-9-8-10-16-22)18-11-6-4-3-5-7-12-20-25(27)28;/h2*8-10,15-16,23-24,26H,2-7,11-14,17-21H2,1H3,(H,27,28);/q;;+2/p-2. The van der Waals surface area contributed by atoms with Gasteiger partial charge in [0.1, 0.15) is 0 Å². The molecule has 0 aliphatic rings. The van der Waals surface area contributed by atoms with Crippen molar-refractivity contribution in [3.05, 3.63) is 71.8 Å². The second kappa shape index (κ2) is 42.1. The van der Waals surface area contributed by atoms with Crippen LogP contribution >= 0.6 is 0 Å². The molecule has 0 saturated heterocycles. The van der Waals surface area contributed by atoms with Crippen LogP contribution < -0.4 is 10.2 Å². The summed E-state index contributed by atoms with van der Waals surface area (Å²) in [6.45, 7) is 5.39. The Morgan fingerprint density at radius 1 is 0.458 bits per heavy atom. The number of carboxylic acid groups (broad SMARTS) is 2. The Hall–Kier alpha value is -1.21. The summed E-state index contributed by atoms with van der Waals surface area (Å²) in [6.07, 6.45) is 27.9. The number of carbonyl (C=O) groups is 2. The normalized spacial score (nSPS) is 13.1. The van der Waals surface area contributed by atoms with E-state index in [-0.39, 0.29) is 86.1 Å². The van der Waals surface area contributed by atoms with E-state index in [1.54, 1.807) is 0 Å². The maximum atomic E-state index is 10.4. The van der Waals surface area contributed by atoms with E-state index >= 15 is 0 Å². The number of rotatable bonds is 38. The van der Waals surface area contributed by atoms with Gasteiger partial charge in [-0.05, 0) is 88.2 Å². The van der Waals surface area contributed by atoms with Crippen LogP contribution in [0.15, 0.2) is 60.7 Å². The molecular weight excluding hydrogens is 866 g/mol. The number of hydrogen-bond acceptors (Lipinski definition) is 8. The van der Waals surface area contributed by atoms with E-state index < -0.39 is 11.9 Å². The molecule has 0 saturated carbocycles. The van der Waals surface area contributed by atoms with Crippen LogP contribution in [0.3, 0.4) is 0 Å². The van der Waals surface area contributed by atoms with Gasteiger partial charge < -0.3 is 39.5 Å². The molecule has 0 heterocycles. The first-order valence-electron chi connectivity index (χ1n) is 23.3. The molecule has 4 unspecified atom stereocenters. The summed E-state index contributed by atoms with van der Waals surface area (Å²) in [5.41, 5.74) is 2.44. The zero-order valence-corrected chi connectivity index (χ0v) is 41.8. The van der Waals surface area contributed by atoms with Crippen molar-refractivity contribution in [1.29, 1.82) is 0 Å². The SMILES string of the molecule is CCC(O)CCCCC(CCCCCCCCCC(=O)[O-])OCc1ccccc1.CCC(O)CCCCC(CCCCCCCCCC(=O)[O-])OCc1ccccc1.[Ba+2]. The molecule has 2 rings (SSSR count). The molecule has 0 aliphatic carbocycles. The van der Waals surface area contributed by atoms with Crippen LogP contribution in [-0.2, 0) is 32.3 Å². The molecule has 4 atom stereocenters. The zero-order valence-electron chi connectivity index (χ0n) is 37.3. The number of hydrogen-bond donors (Lipinski definition) is 2. The Kier molecular flexibility index (Phi) is 41.2. The van der Waals surface area contributed by atoms with Crippen molar-refractivity contribution in [3.63, 3.8) is 0 Å². The topological polar surface area (TPSA) is 139 Å². The van der Waals surface area contributed by atoms with E-state index in [1.165, 1.54) is 62.5 Å². The number of ether oxygens (including phenoxy) is 2. The minimum atomic E-state index is -0.934. The molecule has 0 radical (unpaired) electrons. The second-order valence-corrected chi connectivity index (χ2v) is 16.3. The maximum Gasteiger partial charge on any atom is 2.00 e. The van der Waals surface area contributed by atoms with Gasteiger partial charge >= 0.3 is 48.9 Å². The number of carboxylic acids is 2. The largest absolute Gasteiger partial charge is 2.00 e. The van der Waals surface area contributed by atoms with Gasteiger partial charge in [-0.25, -0.2) is 0 Å². The number of unbranched alkanes of at least 4 members (excludes halogenated alkanes) is 14. The summed E-state index contributed by atoms with van der Waals surface area (Å²) in [5.74, 6) is -1.87. The van der Waals surface area contributed by atoms with Gasteiger partial charge in [0.25, 0.3) is 0 Å². The fourth-order valence-electron chi connectivity index (χ4n) is 7.16. The molecule has 332 valence electrons. The number of carbonyl (C=O) groups excluding carboxylic acids is 2. The summed E-state index contributed by atoms with van der Waals surface area (Å²) in [4.78, 5) is 20.8. The van der Waals surface area contributed by atoms with Gasteiger partial charge in [0.15, 0.2) is 0 Å². The summed E-state index contributed by atoms with van der Waals surface area (Å²) < 4.78 is 12.4. The predicted octanol–water partition coefficient (Wildman–Crippen LogP) is 9.95. The number of aliphatic carboxylic acids is 2. The van der Waals surface area contributed by atoms with Crippen LogP contribution in [0.1, 0.15) is 205 Å². The van der Waals surface area contributed by atoms with Gasteiger partial charge in [0, 0.05) is 11.9 Å². The summed E-state index contributed by atoms with van der Waals surface area (Å²) in [5, 5.41) is 40.2. The Morgan fingerprint density at radius 2 is 0.729 bits per heavy atom. The molecule has 0 aromatic heterocycles. The number of aliphatic hydroxyl groups is 2. The third-order valence-corrected chi connectivity index (χ3v) is 11.0.